The SMILES string of the molecule is O=C(Nc1ccon1)c1cccn(Cc2cccc([N+](=O)[O-])c2)c1=O. The number of nitro benzene ring substituents is 1. The highest BCUT2D eigenvalue weighted by molar-refractivity contribution is 6.03. The van der Waals surface area contributed by atoms with E-state index in [1.807, 2.05) is 0 Å². The molecule has 0 atom stereocenters. The minimum atomic E-state index is -0.618. The lowest BCUT2D eigenvalue weighted by Crippen LogP contribution is -2.29. The second-order valence-electron chi connectivity index (χ2n) is 5.12. The number of nitrogens with one attached hydrogen (secondary N) is 1. The molecule has 126 valence electrons. The summed E-state index contributed by atoms with van der Waals surface area (Å²) in [5.74, 6) is -0.425. The fourth-order valence-electron chi connectivity index (χ4n) is 2.26. The van der Waals surface area contributed by atoms with Crippen LogP contribution in [0.1, 0.15) is 15.9 Å². The first-order valence-electron chi connectivity index (χ1n) is 7.19. The molecular weight excluding hydrogens is 328 g/mol. The van der Waals surface area contributed by atoms with Gasteiger partial charge in [-0.2, -0.15) is 0 Å². The van der Waals surface area contributed by atoms with Gasteiger partial charge in [-0.1, -0.05) is 17.3 Å². The number of carbonyl (C=O) groups is 1. The summed E-state index contributed by atoms with van der Waals surface area (Å²) in [5, 5.41) is 16.8. The molecule has 0 spiro atoms. The van der Waals surface area contributed by atoms with Crippen molar-refractivity contribution in [1.29, 1.82) is 0 Å². The van der Waals surface area contributed by atoms with E-state index in [1.165, 1.54) is 41.3 Å². The molecule has 0 bridgehead atoms. The van der Waals surface area contributed by atoms with Crippen LogP contribution >= 0.6 is 0 Å². The summed E-state index contributed by atoms with van der Waals surface area (Å²) < 4.78 is 5.91. The third-order valence-electron chi connectivity index (χ3n) is 3.42. The van der Waals surface area contributed by atoms with Crippen LogP contribution in [-0.4, -0.2) is 20.6 Å². The highest BCUT2D eigenvalue weighted by Gasteiger charge is 2.14. The third kappa shape index (κ3) is 3.61. The summed E-state index contributed by atoms with van der Waals surface area (Å²) in [6.45, 7) is 0.103. The van der Waals surface area contributed by atoms with Gasteiger partial charge in [-0.15, -0.1) is 0 Å². The summed E-state index contributed by atoms with van der Waals surface area (Å²) >= 11 is 0. The molecule has 0 aliphatic rings. The fourth-order valence-corrected chi connectivity index (χ4v) is 2.26. The maximum Gasteiger partial charge on any atom is 0.269 e. The Labute approximate surface area is 140 Å². The molecule has 2 aromatic heterocycles. The van der Waals surface area contributed by atoms with Crippen molar-refractivity contribution in [2.45, 2.75) is 6.54 Å². The minimum Gasteiger partial charge on any atom is -0.363 e. The molecule has 0 aliphatic heterocycles. The van der Waals surface area contributed by atoms with Crippen LogP contribution in [0.3, 0.4) is 0 Å². The number of nitrogens with zero attached hydrogens (tertiary/aromatic N) is 3. The van der Waals surface area contributed by atoms with Crippen LogP contribution < -0.4 is 10.9 Å². The quantitative estimate of drug-likeness (QED) is 0.560. The number of anilines is 1. The predicted octanol–water partition coefficient (Wildman–Crippen LogP) is 2.05. The van der Waals surface area contributed by atoms with Gasteiger partial charge in [0.1, 0.15) is 11.8 Å². The fraction of sp³-hybridized carbons (Fsp3) is 0.0625. The van der Waals surface area contributed by atoms with Crippen molar-refractivity contribution in [3.05, 3.63) is 86.5 Å². The van der Waals surface area contributed by atoms with Gasteiger partial charge >= 0.3 is 0 Å². The van der Waals surface area contributed by atoms with E-state index in [-0.39, 0.29) is 23.6 Å². The zero-order valence-electron chi connectivity index (χ0n) is 12.8. The van der Waals surface area contributed by atoms with E-state index in [9.17, 15) is 19.7 Å². The van der Waals surface area contributed by atoms with Crippen molar-refractivity contribution >= 4 is 17.4 Å². The van der Waals surface area contributed by atoms with E-state index >= 15 is 0 Å². The summed E-state index contributed by atoms with van der Waals surface area (Å²) in [6.07, 6.45) is 2.80. The molecule has 1 amide bonds. The van der Waals surface area contributed by atoms with Crippen LogP contribution in [0.5, 0.6) is 0 Å². The number of amides is 1. The second kappa shape index (κ2) is 6.79. The number of carbonyl (C=O) groups excluding carboxylic acids is 1. The molecule has 1 aromatic carbocycles. The Balaban J connectivity index is 1.86. The monoisotopic (exact) mass is 340 g/mol. The zero-order chi connectivity index (χ0) is 17.8. The molecule has 0 fully saturated rings. The highest BCUT2D eigenvalue weighted by atomic mass is 16.6. The molecule has 9 nitrogen and oxygen atoms in total. The lowest BCUT2D eigenvalue weighted by molar-refractivity contribution is -0.384. The van der Waals surface area contributed by atoms with Gasteiger partial charge < -0.3 is 14.4 Å². The first-order valence-corrected chi connectivity index (χ1v) is 7.19. The largest absolute Gasteiger partial charge is 0.363 e. The Morgan fingerprint density at radius 2 is 2.12 bits per heavy atom. The van der Waals surface area contributed by atoms with Crippen LogP contribution in [0, 0.1) is 10.1 Å². The molecular formula is C16H12N4O5. The van der Waals surface area contributed by atoms with E-state index < -0.39 is 16.4 Å². The average Bonchev–Trinajstić information content (AvgIpc) is 3.10. The maximum atomic E-state index is 12.5. The predicted molar refractivity (Wildman–Crippen MR) is 87.4 cm³/mol. The van der Waals surface area contributed by atoms with Crippen molar-refractivity contribution in [3.8, 4) is 0 Å². The third-order valence-corrected chi connectivity index (χ3v) is 3.42. The van der Waals surface area contributed by atoms with Crippen LogP contribution in [0.25, 0.3) is 0 Å². The van der Waals surface area contributed by atoms with E-state index in [0.29, 0.717) is 5.56 Å². The number of benzene rings is 1. The number of hydrogen-bond donors (Lipinski definition) is 1. The highest BCUT2D eigenvalue weighted by Crippen LogP contribution is 2.13. The Bertz CT molecular complexity index is 978. The zero-order valence-corrected chi connectivity index (χ0v) is 12.8. The molecule has 0 saturated heterocycles. The van der Waals surface area contributed by atoms with E-state index in [0.717, 1.165) is 0 Å². The van der Waals surface area contributed by atoms with E-state index in [2.05, 4.69) is 15.0 Å². The Kier molecular flexibility index (Phi) is 4.38. The van der Waals surface area contributed by atoms with Crippen LogP contribution in [0.15, 0.2) is 64.2 Å². The average molecular weight is 340 g/mol. The minimum absolute atomic E-state index is 0.0644. The van der Waals surface area contributed by atoms with Gasteiger partial charge in [0.15, 0.2) is 5.82 Å². The molecule has 0 aliphatic carbocycles. The first kappa shape index (κ1) is 16.1. The van der Waals surface area contributed by atoms with Crippen LogP contribution in [0.2, 0.25) is 0 Å². The number of hydrogen-bond acceptors (Lipinski definition) is 6. The van der Waals surface area contributed by atoms with Gasteiger partial charge in [-0.3, -0.25) is 19.7 Å². The van der Waals surface area contributed by atoms with Crippen molar-refractivity contribution in [3.63, 3.8) is 0 Å². The molecule has 0 unspecified atom stereocenters. The normalized spacial score (nSPS) is 10.4. The lowest BCUT2D eigenvalue weighted by atomic mass is 10.2. The maximum absolute atomic E-state index is 12.5. The molecule has 25 heavy (non-hydrogen) atoms. The lowest BCUT2D eigenvalue weighted by Gasteiger charge is -2.08. The summed E-state index contributed by atoms with van der Waals surface area (Å²) in [5.41, 5.74) is -0.0817. The number of nitro groups is 1. The standard InChI is InChI=1S/C16H12N4O5/c21-15(17-14-6-8-25-18-14)13-5-2-7-19(16(13)22)10-11-3-1-4-12(9-11)20(23)24/h1-9H,10H2,(H,17,18,21). The summed E-state index contributed by atoms with van der Waals surface area (Å²) in [4.78, 5) is 35.0. The van der Waals surface area contributed by atoms with Crippen molar-refractivity contribution in [1.82, 2.24) is 9.72 Å². The number of aromatic nitrogens is 2. The van der Waals surface area contributed by atoms with Gasteiger partial charge in [0.25, 0.3) is 17.2 Å². The van der Waals surface area contributed by atoms with Crippen molar-refractivity contribution in [2.75, 3.05) is 5.32 Å². The summed E-state index contributed by atoms with van der Waals surface area (Å²) in [7, 11) is 0. The molecule has 2 heterocycles. The first-order chi connectivity index (χ1) is 12.0. The molecule has 9 heteroatoms. The Morgan fingerprint density at radius 3 is 2.84 bits per heavy atom. The smallest absolute Gasteiger partial charge is 0.269 e. The van der Waals surface area contributed by atoms with Gasteiger partial charge in [0.2, 0.25) is 0 Å². The van der Waals surface area contributed by atoms with Gasteiger partial charge in [0.05, 0.1) is 11.5 Å². The molecule has 0 radical (unpaired) electrons. The van der Waals surface area contributed by atoms with Crippen LogP contribution in [0.4, 0.5) is 11.5 Å². The topological polar surface area (TPSA) is 120 Å². The molecule has 1 N–H and O–H groups in total. The van der Waals surface area contributed by atoms with E-state index in [4.69, 9.17) is 0 Å². The van der Waals surface area contributed by atoms with Gasteiger partial charge in [-0.05, 0) is 17.7 Å². The molecule has 3 rings (SSSR count). The van der Waals surface area contributed by atoms with E-state index in [1.54, 1.807) is 18.2 Å². The molecule has 3 aromatic rings. The molecule has 0 saturated carbocycles. The van der Waals surface area contributed by atoms with Gasteiger partial charge in [0, 0.05) is 24.4 Å². The number of rotatable bonds is 5. The van der Waals surface area contributed by atoms with Crippen molar-refractivity contribution < 1.29 is 14.2 Å². The second-order valence-corrected chi connectivity index (χ2v) is 5.12. The Hall–Kier alpha value is -3.75. The van der Waals surface area contributed by atoms with Crippen LogP contribution in [-0.2, 0) is 6.54 Å². The van der Waals surface area contributed by atoms with Gasteiger partial charge in [-0.25, -0.2) is 0 Å². The Morgan fingerprint density at radius 1 is 1.28 bits per heavy atom. The number of pyridine rings is 1. The summed E-state index contributed by atoms with van der Waals surface area (Å²) in [6, 6.07) is 10.4. The number of non-ortho nitro benzene ring substituents is 1. The van der Waals surface area contributed by atoms with Crippen molar-refractivity contribution in [2.24, 2.45) is 0 Å².